The van der Waals surface area contributed by atoms with Crippen molar-refractivity contribution in [3.05, 3.63) is 77.2 Å². The van der Waals surface area contributed by atoms with E-state index in [9.17, 15) is 14.4 Å². The lowest BCUT2D eigenvalue weighted by Crippen LogP contribution is -2.48. The molecule has 3 heterocycles. The molecule has 3 unspecified atom stereocenters. The van der Waals surface area contributed by atoms with Crippen LogP contribution >= 0.6 is 0 Å². The average Bonchev–Trinajstić information content (AvgIpc) is 3.73. The molecule has 50 heavy (non-hydrogen) atoms. The standard InChI is InChI=1S/C37H50F2N6O4Si/c1-8-26(2)20-41-36-33(10-14-44(36)25-48-15-16-50(5,6)7)27(3)29-21-42-45(22-29)31(9-12-40)23-43-13-11-35(34(39)24-43)49-32-18-28(37(46)47-4)17-30(38)19-32/h10,14,17-22,31,34-35H,8-9,11,13,15-16,23-25H2,1-7H3/b26-20+,33-27+,41-36+. The van der Waals surface area contributed by atoms with Crippen LogP contribution in [0.1, 0.15) is 62.0 Å². The van der Waals surface area contributed by atoms with Gasteiger partial charge >= 0.3 is 5.97 Å². The van der Waals surface area contributed by atoms with E-state index in [1.807, 2.05) is 41.4 Å². The Morgan fingerprint density at radius 1 is 1.24 bits per heavy atom. The molecular formula is C37H50F2N6O4Si. The highest BCUT2D eigenvalue weighted by molar-refractivity contribution is 6.76. The summed E-state index contributed by atoms with van der Waals surface area (Å²) in [5.74, 6) is -0.495. The maximum absolute atomic E-state index is 15.4. The van der Waals surface area contributed by atoms with E-state index in [1.54, 1.807) is 10.9 Å². The highest BCUT2D eigenvalue weighted by Crippen LogP contribution is 2.29. The molecule has 1 fully saturated rings. The Hall–Kier alpha value is -4.12. The average molecular weight is 709 g/mol. The van der Waals surface area contributed by atoms with Gasteiger partial charge in [-0.25, -0.2) is 18.6 Å². The van der Waals surface area contributed by atoms with E-state index in [0.717, 1.165) is 47.1 Å². The van der Waals surface area contributed by atoms with Crippen LogP contribution in [0, 0.1) is 17.1 Å². The number of hydrogen-bond acceptors (Lipinski definition) is 8. The number of piperidine rings is 1. The fourth-order valence-corrected chi connectivity index (χ4v) is 6.38. The molecule has 3 atom stereocenters. The Balaban J connectivity index is 1.45. The first-order valence-corrected chi connectivity index (χ1v) is 20.8. The second-order valence-electron chi connectivity index (χ2n) is 14.1. The first-order chi connectivity index (χ1) is 23.8. The third kappa shape index (κ3) is 10.7. The van der Waals surface area contributed by atoms with Crippen molar-refractivity contribution in [1.29, 1.82) is 5.26 Å². The number of ether oxygens (including phenoxy) is 3. The summed E-state index contributed by atoms with van der Waals surface area (Å²) in [6, 6.07) is 6.56. The lowest BCUT2D eigenvalue weighted by molar-refractivity contribution is 0.0166. The van der Waals surface area contributed by atoms with Gasteiger partial charge in [-0.15, -0.1) is 0 Å². The second-order valence-corrected chi connectivity index (χ2v) is 19.7. The predicted octanol–water partition coefficient (Wildman–Crippen LogP) is 7.38. The normalized spacial score (nSPS) is 21.0. The number of aliphatic imine (C=N–C) groups is 1. The van der Waals surface area contributed by atoms with Gasteiger partial charge in [0, 0.05) is 70.1 Å². The quantitative estimate of drug-likeness (QED) is 0.107. The van der Waals surface area contributed by atoms with E-state index in [-0.39, 0.29) is 30.3 Å². The van der Waals surface area contributed by atoms with E-state index in [1.165, 1.54) is 18.7 Å². The molecule has 1 aromatic heterocycles. The SMILES string of the molecule is CC/C(C)=C/N=C1\C(=C(/C)c2cnn(C(CC#N)CN3CCC(Oc4cc(F)cc(C(=O)OC)c4)C(F)C3)c2)C=CN1COCC[Si](C)(C)C. The van der Waals surface area contributed by atoms with E-state index in [2.05, 4.69) is 49.4 Å². The molecule has 2 aromatic rings. The highest BCUT2D eigenvalue weighted by atomic mass is 28.3. The number of likely N-dealkylation sites (tertiary alicyclic amines) is 1. The van der Waals surface area contributed by atoms with Crippen LogP contribution in [0.2, 0.25) is 25.7 Å². The van der Waals surface area contributed by atoms with E-state index in [4.69, 9.17) is 14.5 Å². The van der Waals surface area contributed by atoms with Gasteiger partial charge in [0.2, 0.25) is 0 Å². The van der Waals surface area contributed by atoms with Crippen LogP contribution in [0.3, 0.4) is 0 Å². The van der Waals surface area contributed by atoms with Gasteiger partial charge in [-0.2, -0.15) is 10.4 Å². The Kier molecular flexibility index (Phi) is 13.7. The van der Waals surface area contributed by atoms with Crippen molar-refractivity contribution in [2.75, 3.05) is 40.1 Å². The van der Waals surface area contributed by atoms with Gasteiger partial charge < -0.3 is 19.1 Å². The molecule has 0 aliphatic carbocycles. The molecule has 2 aliphatic rings. The van der Waals surface area contributed by atoms with Crippen molar-refractivity contribution in [3.8, 4) is 11.8 Å². The number of carbonyl (C=O) groups is 1. The lowest BCUT2D eigenvalue weighted by atomic mass is 10.0. The molecule has 10 nitrogen and oxygen atoms in total. The third-order valence-corrected chi connectivity index (χ3v) is 10.6. The van der Waals surface area contributed by atoms with E-state index < -0.39 is 32.1 Å². The van der Waals surface area contributed by atoms with Gasteiger partial charge in [0.15, 0.2) is 0 Å². The number of aromatic nitrogens is 2. The topological polar surface area (TPSA) is 105 Å². The minimum atomic E-state index is -1.36. The van der Waals surface area contributed by atoms with Crippen LogP contribution in [-0.2, 0) is 9.47 Å². The number of methoxy groups -OCH3 is 1. The van der Waals surface area contributed by atoms with Crippen molar-refractivity contribution in [3.63, 3.8) is 0 Å². The molecule has 0 radical (unpaired) electrons. The van der Waals surface area contributed by atoms with Gasteiger partial charge in [0.1, 0.15) is 36.4 Å². The predicted molar refractivity (Wildman–Crippen MR) is 194 cm³/mol. The van der Waals surface area contributed by atoms with Crippen molar-refractivity contribution in [2.45, 2.75) is 84.0 Å². The minimum Gasteiger partial charge on any atom is -0.487 e. The number of amidine groups is 1. The molecule has 1 saturated heterocycles. The molecule has 0 amide bonds. The summed E-state index contributed by atoms with van der Waals surface area (Å²) in [4.78, 5) is 20.7. The third-order valence-electron chi connectivity index (χ3n) is 8.88. The van der Waals surface area contributed by atoms with Gasteiger partial charge in [-0.1, -0.05) is 32.1 Å². The molecule has 0 bridgehead atoms. The lowest BCUT2D eigenvalue weighted by Gasteiger charge is -2.36. The number of rotatable bonds is 15. The van der Waals surface area contributed by atoms with Crippen molar-refractivity contribution >= 4 is 25.5 Å². The maximum atomic E-state index is 15.4. The molecule has 1 aromatic carbocycles. The number of nitriles is 1. The monoisotopic (exact) mass is 708 g/mol. The van der Waals surface area contributed by atoms with Crippen LogP contribution in [0.15, 0.2) is 65.2 Å². The molecule has 13 heteroatoms. The smallest absolute Gasteiger partial charge is 0.338 e. The summed E-state index contributed by atoms with van der Waals surface area (Å²) in [7, 11) is -0.00607. The summed E-state index contributed by atoms with van der Waals surface area (Å²) >= 11 is 0. The number of esters is 1. The number of benzene rings is 1. The summed E-state index contributed by atoms with van der Waals surface area (Å²) in [5.41, 5.74) is 4.02. The minimum absolute atomic E-state index is 0.00533. The zero-order valence-electron chi connectivity index (χ0n) is 30.3. The summed E-state index contributed by atoms with van der Waals surface area (Å²) in [5, 5.41) is 14.3. The van der Waals surface area contributed by atoms with Crippen molar-refractivity contribution in [1.82, 2.24) is 19.6 Å². The summed E-state index contributed by atoms with van der Waals surface area (Å²) in [6.45, 7) is 15.3. The fraction of sp³-hybridized carbons (Fsp3) is 0.514. The summed E-state index contributed by atoms with van der Waals surface area (Å²) < 4.78 is 47.8. The zero-order valence-corrected chi connectivity index (χ0v) is 31.3. The second kappa shape index (κ2) is 17.7. The largest absolute Gasteiger partial charge is 0.487 e. The van der Waals surface area contributed by atoms with Crippen LogP contribution in [-0.4, -0.2) is 91.8 Å². The number of nitrogens with zero attached hydrogens (tertiary/aromatic N) is 6. The van der Waals surface area contributed by atoms with E-state index in [0.29, 0.717) is 32.8 Å². The van der Waals surface area contributed by atoms with Gasteiger partial charge in [-0.05, 0) is 56.5 Å². The molecule has 0 saturated carbocycles. The molecule has 4 rings (SSSR count). The van der Waals surface area contributed by atoms with Crippen LogP contribution in [0.25, 0.3) is 5.57 Å². The van der Waals surface area contributed by atoms with Crippen molar-refractivity contribution in [2.24, 2.45) is 4.99 Å². The Labute approximate surface area is 295 Å². The van der Waals surface area contributed by atoms with E-state index >= 15 is 4.39 Å². The highest BCUT2D eigenvalue weighted by Gasteiger charge is 2.33. The first-order valence-electron chi connectivity index (χ1n) is 17.1. The van der Waals surface area contributed by atoms with Crippen LogP contribution in [0.5, 0.6) is 5.75 Å². The Morgan fingerprint density at radius 3 is 2.70 bits per heavy atom. The molecule has 2 aliphatic heterocycles. The maximum Gasteiger partial charge on any atom is 0.338 e. The summed E-state index contributed by atoms with van der Waals surface area (Å²) in [6.07, 6.45) is 8.94. The van der Waals surface area contributed by atoms with Gasteiger partial charge in [0.25, 0.3) is 0 Å². The van der Waals surface area contributed by atoms with Gasteiger partial charge in [0.05, 0.1) is 37.4 Å². The van der Waals surface area contributed by atoms with Gasteiger partial charge in [-0.3, -0.25) is 9.58 Å². The van der Waals surface area contributed by atoms with Crippen LogP contribution < -0.4 is 4.74 Å². The molecule has 270 valence electrons. The number of hydrogen-bond donors (Lipinski definition) is 0. The molecule has 0 spiro atoms. The number of carbonyl (C=O) groups excluding carboxylic acids is 1. The number of halogens is 2. The zero-order chi connectivity index (χ0) is 36.4. The van der Waals surface area contributed by atoms with Crippen LogP contribution in [0.4, 0.5) is 8.78 Å². The van der Waals surface area contributed by atoms with Crippen molar-refractivity contribution < 1.29 is 27.8 Å². The molecule has 0 N–H and O–H groups in total. The Bertz CT molecular complexity index is 1660. The first kappa shape index (κ1) is 38.7. The number of allylic oxidation sites excluding steroid dienone is 2. The Morgan fingerprint density at radius 2 is 2.02 bits per heavy atom. The molecular weight excluding hydrogens is 659 g/mol. The number of alkyl halides is 1. The fourth-order valence-electron chi connectivity index (χ4n) is 5.63.